The van der Waals surface area contributed by atoms with Crippen LogP contribution in [0.25, 0.3) is 11.1 Å². The molecule has 0 radical (unpaired) electrons. The fourth-order valence-electron chi connectivity index (χ4n) is 5.50. The number of hydrogen-bond donors (Lipinski definition) is 3. The molecule has 1 saturated carbocycles. The molecule has 2 aliphatic carbocycles. The lowest BCUT2D eigenvalue weighted by Crippen LogP contribution is -2.46. The summed E-state index contributed by atoms with van der Waals surface area (Å²) in [6.07, 6.45) is 1.41. The Labute approximate surface area is 202 Å². The van der Waals surface area contributed by atoms with Gasteiger partial charge in [0.15, 0.2) is 6.04 Å². The van der Waals surface area contributed by atoms with E-state index in [1.165, 1.54) is 11.1 Å². The molecule has 1 unspecified atom stereocenters. The van der Waals surface area contributed by atoms with Gasteiger partial charge in [-0.15, -0.1) is 0 Å². The summed E-state index contributed by atoms with van der Waals surface area (Å²) >= 11 is 0. The van der Waals surface area contributed by atoms with E-state index < -0.39 is 29.9 Å². The summed E-state index contributed by atoms with van der Waals surface area (Å²) < 4.78 is 5.61. The molecular weight excluding hydrogens is 450 g/mol. The molecular formula is C26H27N3O6. The average Bonchev–Trinajstić information content (AvgIpc) is 3.53. The zero-order valence-electron chi connectivity index (χ0n) is 19.1. The molecule has 3 aliphatic rings. The maximum absolute atomic E-state index is 12.6. The van der Waals surface area contributed by atoms with Gasteiger partial charge in [-0.25, -0.2) is 14.6 Å². The van der Waals surface area contributed by atoms with Gasteiger partial charge in [-0.3, -0.25) is 15.0 Å². The lowest BCUT2D eigenvalue weighted by atomic mass is 9.98. The summed E-state index contributed by atoms with van der Waals surface area (Å²) in [4.78, 5) is 48.0. The van der Waals surface area contributed by atoms with E-state index >= 15 is 0 Å². The molecule has 2 fully saturated rings. The third-order valence-corrected chi connectivity index (χ3v) is 7.16. The van der Waals surface area contributed by atoms with Crippen LogP contribution in [-0.4, -0.2) is 52.7 Å². The summed E-state index contributed by atoms with van der Waals surface area (Å²) in [6, 6.07) is 15.0. The lowest BCUT2D eigenvalue weighted by molar-refractivity contribution is -0.150. The van der Waals surface area contributed by atoms with Crippen molar-refractivity contribution in [3.8, 4) is 11.1 Å². The number of alkyl carbamates (subject to hydrolysis) is 1. The number of aliphatic carboxylic acids is 1. The van der Waals surface area contributed by atoms with Crippen LogP contribution in [0.2, 0.25) is 0 Å². The fourth-order valence-corrected chi connectivity index (χ4v) is 5.50. The Morgan fingerprint density at radius 1 is 1.03 bits per heavy atom. The predicted octanol–water partition coefficient (Wildman–Crippen LogP) is 2.80. The van der Waals surface area contributed by atoms with E-state index in [1.807, 2.05) is 24.3 Å². The summed E-state index contributed by atoms with van der Waals surface area (Å²) in [5.41, 5.74) is 6.96. The van der Waals surface area contributed by atoms with Gasteiger partial charge in [-0.1, -0.05) is 48.5 Å². The Bertz CT molecular complexity index is 1140. The Kier molecular flexibility index (Phi) is 6.15. The molecule has 9 heteroatoms. The molecule has 0 aromatic heterocycles. The third kappa shape index (κ3) is 4.58. The van der Waals surface area contributed by atoms with Crippen LogP contribution in [0.5, 0.6) is 0 Å². The first kappa shape index (κ1) is 22.9. The Hall–Kier alpha value is -3.88. The van der Waals surface area contributed by atoms with Crippen LogP contribution in [0.4, 0.5) is 4.79 Å². The smallest absolute Gasteiger partial charge is 0.407 e. The molecule has 1 heterocycles. The van der Waals surface area contributed by atoms with E-state index in [2.05, 4.69) is 35.0 Å². The monoisotopic (exact) mass is 477 g/mol. The van der Waals surface area contributed by atoms with E-state index in [1.54, 1.807) is 0 Å². The highest BCUT2D eigenvalue weighted by Crippen LogP contribution is 2.44. The van der Waals surface area contributed by atoms with Gasteiger partial charge in [0.2, 0.25) is 11.8 Å². The van der Waals surface area contributed by atoms with E-state index in [-0.39, 0.29) is 37.3 Å². The van der Waals surface area contributed by atoms with Crippen LogP contribution in [0, 0.1) is 5.92 Å². The van der Waals surface area contributed by atoms with Crippen molar-refractivity contribution in [2.45, 2.75) is 50.1 Å². The molecule has 182 valence electrons. The molecule has 1 saturated heterocycles. The first-order chi connectivity index (χ1) is 16.9. The molecule has 3 N–H and O–H groups in total. The first-order valence-corrected chi connectivity index (χ1v) is 11.9. The molecule has 9 nitrogen and oxygen atoms in total. The quantitative estimate of drug-likeness (QED) is 0.588. The standard InChI is InChI=1S/C26H27N3O6/c30-23-13-22(25(32)33)29(28-23)24(31)12-15-9-10-16(11-15)27-26(34)35-14-21-19-7-3-1-5-17(19)18-6-2-4-8-20(18)21/h1-8,15-16,21-22H,9-14H2,(H,27,34)(H,28,30)(H,32,33)/t15-,16+,22?/m0/s1. The van der Waals surface area contributed by atoms with Crippen LogP contribution in [-0.2, 0) is 19.1 Å². The van der Waals surface area contributed by atoms with E-state index in [4.69, 9.17) is 4.74 Å². The normalized spacial score (nSPS) is 22.9. The summed E-state index contributed by atoms with van der Waals surface area (Å²) in [6.45, 7) is 0.236. The summed E-state index contributed by atoms with van der Waals surface area (Å²) in [5, 5.41) is 13.1. The minimum absolute atomic E-state index is 0.00617. The molecule has 5 rings (SSSR count). The summed E-state index contributed by atoms with van der Waals surface area (Å²) in [5.74, 6) is -2.13. The third-order valence-electron chi connectivity index (χ3n) is 7.16. The van der Waals surface area contributed by atoms with Gasteiger partial charge in [0, 0.05) is 18.4 Å². The Morgan fingerprint density at radius 3 is 2.34 bits per heavy atom. The number of rotatable bonds is 6. The van der Waals surface area contributed by atoms with Gasteiger partial charge in [0.05, 0.1) is 6.42 Å². The number of carboxylic acids is 1. The zero-order chi connectivity index (χ0) is 24.5. The van der Waals surface area contributed by atoms with Gasteiger partial charge in [-0.05, 0) is 47.4 Å². The van der Waals surface area contributed by atoms with Crippen LogP contribution >= 0.6 is 0 Å². The van der Waals surface area contributed by atoms with Crippen molar-refractivity contribution in [3.05, 3.63) is 59.7 Å². The molecule has 2 aromatic rings. The number of nitrogens with one attached hydrogen (secondary N) is 2. The number of carbonyl (C=O) groups excluding carboxylic acids is 3. The van der Waals surface area contributed by atoms with Crippen molar-refractivity contribution in [1.82, 2.24) is 15.8 Å². The number of hydrazine groups is 1. The largest absolute Gasteiger partial charge is 0.480 e. The number of nitrogens with zero attached hydrogens (tertiary/aromatic N) is 1. The average molecular weight is 478 g/mol. The zero-order valence-corrected chi connectivity index (χ0v) is 19.1. The van der Waals surface area contributed by atoms with Crippen LogP contribution in [0.3, 0.4) is 0 Å². The Morgan fingerprint density at radius 2 is 1.69 bits per heavy atom. The van der Waals surface area contributed by atoms with Crippen molar-refractivity contribution in [1.29, 1.82) is 0 Å². The number of carboxylic acid groups (broad SMARTS) is 1. The highest BCUT2D eigenvalue weighted by atomic mass is 16.5. The topological polar surface area (TPSA) is 125 Å². The van der Waals surface area contributed by atoms with Crippen molar-refractivity contribution >= 4 is 23.9 Å². The second-order valence-corrected chi connectivity index (χ2v) is 9.41. The Balaban J connectivity index is 1.12. The van der Waals surface area contributed by atoms with Gasteiger partial charge in [0.25, 0.3) is 0 Å². The van der Waals surface area contributed by atoms with E-state index in [0.717, 1.165) is 22.6 Å². The summed E-state index contributed by atoms with van der Waals surface area (Å²) in [7, 11) is 0. The predicted molar refractivity (Wildman–Crippen MR) is 125 cm³/mol. The minimum Gasteiger partial charge on any atom is -0.480 e. The maximum atomic E-state index is 12.6. The molecule has 2 aromatic carbocycles. The van der Waals surface area contributed by atoms with Gasteiger partial charge in [-0.2, -0.15) is 0 Å². The van der Waals surface area contributed by atoms with Crippen molar-refractivity contribution < 1.29 is 29.0 Å². The SMILES string of the molecule is O=C1CC(C(=O)O)N(C(=O)C[C@H]2CC[C@@H](NC(=O)OCC3c4ccccc4-c4ccccc43)C2)N1. The lowest BCUT2D eigenvalue weighted by Gasteiger charge is -2.22. The van der Waals surface area contributed by atoms with Crippen molar-refractivity contribution in [3.63, 3.8) is 0 Å². The first-order valence-electron chi connectivity index (χ1n) is 11.9. The second kappa shape index (κ2) is 9.40. The van der Waals surface area contributed by atoms with E-state index in [9.17, 15) is 24.3 Å². The van der Waals surface area contributed by atoms with Crippen LogP contribution < -0.4 is 10.7 Å². The van der Waals surface area contributed by atoms with Gasteiger partial charge >= 0.3 is 12.1 Å². The molecule has 1 aliphatic heterocycles. The fraction of sp³-hybridized carbons (Fsp3) is 0.385. The molecule has 35 heavy (non-hydrogen) atoms. The van der Waals surface area contributed by atoms with Crippen molar-refractivity contribution in [2.75, 3.05) is 6.61 Å². The highest BCUT2D eigenvalue weighted by Gasteiger charge is 2.40. The maximum Gasteiger partial charge on any atom is 0.407 e. The van der Waals surface area contributed by atoms with Crippen LogP contribution in [0.15, 0.2) is 48.5 Å². The second-order valence-electron chi connectivity index (χ2n) is 9.41. The molecule has 0 bridgehead atoms. The number of carbonyl (C=O) groups is 4. The van der Waals surface area contributed by atoms with Crippen molar-refractivity contribution in [2.24, 2.45) is 5.92 Å². The number of benzene rings is 2. The van der Waals surface area contributed by atoms with Crippen LogP contribution in [0.1, 0.15) is 49.1 Å². The number of hydrogen-bond acceptors (Lipinski definition) is 5. The van der Waals surface area contributed by atoms with Gasteiger partial charge in [0.1, 0.15) is 6.61 Å². The number of ether oxygens (including phenoxy) is 1. The molecule has 0 spiro atoms. The molecule has 3 atom stereocenters. The van der Waals surface area contributed by atoms with E-state index in [0.29, 0.717) is 12.8 Å². The van der Waals surface area contributed by atoms with Gasteiger partial charge < -0.3 is 15.2 Å². The number of amides is 3. The molecule has 3 amide bonds. The number of fused-ring (bicyclic) bond motifs is 3. The highest BCUT2D eigenvalue weighted by molar-refractivity contribution is 5.93. The minimum atomic E-state index is -1.21.